The molecular formula is C18H22N2O4S. The molecule has 0 aromatic heterocycles. The minimum Gasteiger partial charge on any atom is -0.258 e. The predicted molar refractivity (Wildman–Crippen MR) is 97.5 cm³/mol. The van der Waals surface area contributed by atoms with Crippen LogP contribution in [0.3, 0.4) is 0 Å². The second kappa shape index (κ2) is 7.33. The Kier molecular flexibility index (Phi) is 5.59. The van der Waals surface area contributed by atoms with Crippen LogP contribution >= 0.6 is 0 Å². The molecule has 0 fully saturated rings. The SMILES string of the molecule is CC(C)(C)C(NS(=O)(=O)Cc1ccc([N+](=O)[O-])cc1)c1ccccc1. The molecule has 0 heterocycles. The lowest BCUT2D eigenvalue weighted by Gasteiger charge is -2.31. The number of hydrogen-bond acceptors (Lipinski definition) is 4. The summed E-state index contributed by atoms with van der Waals surface area (Å²) < 4.78 is 28.0. The predicted octanol–water partition coefficient (Wildman–Crippen LogP) is 3.80. The Bertz CT molecular complexity index is 826. The van der Waals surface area contributed by atoms with Crippen LogP contribution in [-0.2, 0) is 15.8 Å². The van der Waals surface area contributed by atoms with E-state index < -0.39 is 14.9 Å². The van der Waals surface area contributed by atoms with Gasteiger partial charge in [-0.2, -0.15) is 0 Å². The summed E-state index contributed by atoms with van der Waals surface area (Å²) in [6, 6.07) is 14.6. The molecule has 0 amide bonds. The average molecular weight is 362 g/mol. The molecule has 25 heavy (non-hydrogen) atoms. The number of sulfonamides is 1. The van der Waals surface area contributed by atoms with E-state index in [4.69, 9.17) is 0 Å². The summed E-state index contributed by atoms with van der Waals surface area (Å²) in [5.41, 5.74) is 1.01. The van der Waals surface area contributed by atoms with Gasteiger partial charge in [0.25, 0.3) is 5.69 Å². The van der Waals surface area contributed by atoms with Crippen LogP contribution < -0.4 is 4.72 Å². The lowest BCUT2D eigenvalue weighted by molar-refractivity contribution is -0.384. The van der Waals surface area contributed by atoms with Crippen LogP contribution in [0.4, 0.5) is 5.69 Å². The maximum Gasteiger partial charge on any atom is 0.269 e. The van der Waals surface area contributed by atoms with Crippen molar-refractivity contribution >= 4 is 15.7 Å². The third-order valence-corrected chi connectivity index (χ3v) is 5.11. The summed E-state index contributed by atoms with van der Waals surface area (Å²) in [6.45, 7) is 5.91. The number of nitrogens with one attached hydrogen (secondary N) is 1. The zero-order chi connectivity index (χ0) is 18.7. The molecule has 0 saturated heterocycles. The lowest BCUT2D eigenvalue weighted by Crippen LogP contribution is -2.37. The van der Waals surface area contributed by atoms with Crippen molar-refractivity contribution in [3.8, 4) is 0 Å². The van der Waals surface area contributed by atoms with E-state index in [2.05, 4.69) is 4.72 Å². The van der Waals surface area contributed by atoms with Crippen molar-refractivity contribution < 1.29 is 13.3 Å². The maximum absolute atomic E-state index is 12.6. The molecule has 7 heteroatoms. The summed E-state index contributed by atoms with van der Waals surface area (Å²) in [4.78, 5) is 10.2. The van der Waals surface area contributed by atoms with E-state index in [1.807, 2.05) is 51.1 Å². The van der Waals surface area contributed by atoms with Crippen LogP contribution in [0.2, 0.25) is 0 Å². The van der Waals surface area contributed by atoms with E-state index in [1.165, 1.54) is 24.3 Å². The van der Waals surface area contributed by atoms with Gasteiger partial charge in [0.1, 0.15) is 0 Å². The van der Waals surface area contributed by atoms with Gasteiger partial charge in [0.15, 0.2) is 0 Å². The normalized spacial score (nSPS) is 13.4. The molecule has 2 rings (SSSR count). The molecule has 0 aliphatic heterocycles. The first-order valence-corrected chi connectivity index (χ1v) is 9.52. The molecule has 134 valence electrons. The van der Waals surface area contributed by atoms with Crippen molar-refractivity contribution in [3.05, 3.63) is 75.8 Å². The van der Waals surface area contributed by atoms with E-state index in [0.717, 1.165) is 5.56 Å². The smallest absolute Gasteiger partial charge is 0.258 e. The molecule has 2 aromatic rings. The Labute approximate surface area is 148 Å². The fourth-order valence-corrected chi connectivity index (χ4v) is 4.11. The van der Waals surface area contributed by atoms with Crippen molar-refractivity contribution in [3.63, 3.8) is 0 Å². The largest absolute Gasteiger partial charge is 0.269 e. The molecule has 1 atom stereocenters. The summed E-state index contributed by atoms with van der Waals surface area (Å²) in [7, 11) is -3.62. The first-order chi connectivity index (χ1) is 11.6. The van der Waals surface area contributed by atoms with Gasteiger partial charge in [-0.1, -0.05) is 63.2 Å². The van der Waals surface area contributed by atoms with Gasteiger partial charge in [0.05, 0.1) is 16.7 Å². The van der Waals surface area contributed by atoms with E-state index in [0.29, 0.717) is 5.56 Å². The topological polar surface area (TPSA) is 89.3 Å². The first kappa shape index (κ1) is 19.1. The van der Waals surface area contributed by atoms with Gasteiger partial charge >= 0.3 is 0 Å². The van der Waals surface area contributed by atoms with Gasteiger partial charge in [-0.15, -0.1) is 0 Å². The van der Waals surface area contributed by atoms with Crippen LogP contribution in [-0.4, -0.2) is 13.3 Å². The number of rotatable bonds is 6. The van der Waals surface area contributed by atoms with Crippen molar-refractivity contribution in [2.45, 2.75) is 32.6 Å². The number of non-ortho nitro benzene ring substituents is 1. The van der Waals surface area contributed by atoms with E-state index in [1.54, 1.807) is 0 Å². The van der Waals surface area contributed by atoms with Crippen LogP contribution in [0.25, 0.3) is 0 Å². The molecule has 0 aliphatic rings. The Hall–Kier alpha value is -2.25. The van der Waals surface area contributed by atoms with Crippen molar-refractivity contribution in [1.29, 1.82) is 0 Å². The van der Waals surface area contributed by atoms with Crippen molar-refractivity contribution in [2.75, 3.05) is 0 Å². The number of nitrogens with zero attached hydrogens (tertiary/aromatic N) is 1. The zero-order valence-corrected chi connectivity index (χ0v) is 15.3. The summed E-state index contributed by atoms with van der Waals surface area (Å²) >= 11 is 0. The number of benzene rings is 2. The van der Waals surface area contributed by atoms with E-state index in [-0.39, 0.29) is 22.9 Å². The van der Waals surface area contributed by atoms with Gasteiger partial charge in [0.2, 0.25) is 10.0 Å². The Balaban J connectivity index is 2.21. The maximum atomic E-state index is 12.6. The second-order valence-corrected chi connectivity index (χ2v) is 8.76. The Morgan fingerprint density at radius 2 is 1.60 bits per heavy atom. The average Bonchev–Trinajstić information content (AvgIpc) is 2.52. The quantitative estimate of drug-likeness (QED) is 0.625. The summed E-state index contributed by atoms with van der Waals surface area (Å²) in [6.07, 6.45) is 0. The van der Waals surface area contributed by atoms with Crippen LogP contribution in [0.5, 0.6) is 0 Å². The molecule has 0 bridgehead atoms. The third kappa shape index (κ3) is 5.37. The minimum atomic E-state index is -3.62. The molecule has 0 spiro atoms. The molecule has 6 nitrogen and oxygen atoms in total. The number of nitro groups is 1. The van der Waals surface area contributed by atoms with Gasteiger partial charge < -0.3 is 0 Å². The monoisotopic (exact) mass is 362 g/mol. The Morgan fingerprint density at radius 1 is 1.04 bits per heavy atom. The Morgan fingerprint density at radius 3 is 2.08 bits per heavy atom. The molecular weight excluding hydrogens is 340 g/mol. The third-order valence-electron chi connectivity index (χ3n) is 3.80. The van der Waals surface area contributed by atoms with Crippen LogP contribution in [0.1, 0.15) is 37.9 Å². The molecule has 0 radical (unpaired) electrons. The lowest BCUT2D eigenvalue weighted by atomic mass is 9.83. The fourth-order valence-electron chi connectivity index (χ4n) is 2.54. The number of hydrogen-bond donors (Lipinski definition) is 1. The van der Waals surface area contributed by atoms with E-state index >= 15 is 0 Å². The van der Waals surface area contributed by atoms with Crippen LogP contribution in [0.15, 0.2) is 54.6 Å². The highest BCUT2D eigenvalue weighted by atomic mass is 32.2. The molecule has 1 unspecified atom stereocenters. The first-order valence-electron chi connectivity index (χ1n) is 7.87. The summed E-state index contributed by atoms with van der Waals surface area (Å²) in [5.74, 6) is -0.232. The van der Waals surface area contributed by atoms with Gasteiger partial charge in [0, 0.05) is 12.1 Å². The van der Waals surface area contributed by atoms with E-state index in [9.17, 15) is 18.5 Å². The fraction of sp³-hybridized carbons (Fsp3) is 0.333. The van der Waals surface area contributed by atoms with Gasteiger partial charge in [-0.05, 0) is 16.5 Å². The highest BCUT2D eigenvalue weighted by molar-refractivity contribution is 7.88. The highest BCUT2D eigenvalue weighted by Gasteiger charge is 2.30. The van der Waals surface area contributed by atoms with Crippen molar-refractivity contribution in [1.82, 2.24) is 4.72 Å². The van der Waals surface area contributed by atoms with Crippen molar-refractivity contribution in [2.24, 2.45) is 5.41 Å². The van der Waals surface area contributed by atoms with Gasteiger partial charge in [-0.25, -0.2) is 13.1 Å². The van der Waals surface area contributed by atoms with Gasteiger partial charge in [-0.3, -0.25) is 10.1 Å². The minimum absolute atomic E-state index is 0.0639. The zero-order valence-electron chi connectivity index (χ0n) is 14.5. The summed E-state index contributed by atoms with van der Waals surface area (Å²) in [5, 5.41) is 10.7. The molecule has 2 aromatic carbocycles. The molecule has 0 saturated carbocycles. The highest BCUT2D eigenvalue weighted by Crippen LogP contribution is 2.33. The standard InChI is InChI=1S/C18H22N2O4S/c1-18(2,3)17(15-7-5-4-6-8-15)19-25(23,24)13-14-9-11-16(12-10-14)20(21)22/h4-12,17,19H,13H2,1-3H3. The van der Waals surface area contributed by atoms with Crippen LogP contribution in [0, 0.1) is 15.5 Å². The number of nitro benzene ring substituents is 1. The molecule has 0 aliphatic carbocycles. The molecule has 1 N–H and O–H groups in total. The second-order valence-electron chi connectivity index (χ2n) is 7.01.